The largest absolute Gasteiger partial charge is 0.513 e. The van der Waals surface area contributed by atoms with E-state index in [0.29, 0.717) is 5.75 Å². The quantitative estimate of drug-likeness (QED) is 0.490. The summed E-state index contributed by atoms with van der Waals surface area (Å²) in [5, 5.41) is 1.25. The molecule has 0 amide bonds. The van der Waals surface area contributed by atoms with E-state index in [1.165, 1.54) is 5.19 Å². The molecule has 0 heterocycles. The molecular formula is C17H20O3Si. The van der Waals surface area contributed by atoms with Crippen molar-refractivity contribution in [1.29, 1.82) is 0 Å². The maximum atomic E-state index is 11.9. The molecule has 0 radical (unpaired) electrons. The van der Waals surface area contributed by atoms with Crippen LogP contribution < -0.4 is 9.92 Å². The van der Waals surface area contributed by atoms with Gasteiger partial charge in [0.1, 0.15) is 13.8 Å². The van der Waals surface area contributed by atoms with Crippen LogP contribution in [0.5, 0.6) is 5.75 Å². The minimum atomic E-state index is -1.89. The zero-order valence-electron chi connectivity index (χ0n) is 12.6. The summed E-state index contributed by atoms with van der Waals surface area (Å²) in [5.41, 5.74) is -0.170. The summed E-state index contributed by atoms with van der Waals surface area (Å²) < 4.78 is 10.7. The highest BCUT2D eigenvalue weighted by atomic mass is 28.3. The zero-order valence-corrected chi connectivity index (χ0v) is 13.6. The van der Waals surface area contributed by atoms with Crippen LogP contribution >= 0.6 is 0 Å². The molecule has 2 aromatic rings. The van der Waals surface area contributed by atoms with Crippen LogP contribution in [-0.4, -0.2) is 20.0 Å². The van der Waals surface area contributed by atoms with Gasteiger partial charge in [0, 0.05) is 0 Å². The predicted molar refractivity (Wildman–Crippen MR) is 86.6 cm³/mol. The maximum absolute atomic E-state index is 11.9. The van der Waals surface area contributed by atoms with Crippen LogP contribution in [0, 0.1) is 0 Å². The summed E-state index contributed by atoms with van der Waals surface area (Å²) in [7, 11) is -1.89. The van der Waals surface area contributed by atoms with E-state index >= 15 is 0 Å². The number of carbonyl (C=O) groups is 1. The van der Waals surface area contributed by atoms with Crippen LogP contribution in [0.2, 0.25) is 13.1 Å². The average Bonchev–Trinajstić information content (AvgIpc) is 2.49. The lowest BCUT2D eigenvalue weighted by Crippen LogP contribution is -2.53. The molecule has 1 unspecified atom stereocenters. The topological polar surface area (TPSA) is 35.5 Å². The van der Waals surface area contributed by atoms with Gasteiger partial charge in [-0.2, -0.15) is 0 Å². The van der Waals surface area contributed by atoms with Crippen molar-refractivity contribution < 1.29 is 14.3 Å². The summed E-state index contributed by atoms with van der Waals surface area (Å²) in [5.74, 6) is 0.494. The Bertz CT molecular complexity index is 581. The van der Waals surface area contributed by atoms with Crippen molar-refractivity contribution in [3.8, 4) is 5.75 Å². The number of carbonyl (C=O) groups excluding carboxylic acids is 1. The average molecular weight is 300 g/mol. The van der Waals surface area contributed by atoms with Crippen LogP contribution in [0.4, 0.5) is 4.79 Å². The smallest absolute Gasteiger partial charge is 0.434 e. The standard InChI is InChI=1S/C17H20O3Si/c1-14(21(2,3)16-12-8-5-9-13-16)19-17(18)20-15-10-6-4-7-11-15/h4-14H,1-3H3. The highest BCUT2D eigenvalue weighted by molar-refractivity contribution is 6.90. The maximum Gasteiger partial charge on any atom is 0.513 e. The van der Waals surface area contributed by atoms with E-state index in [1.807, 2.05) is 43.3 Å². The fourth-order valence-electron chi connectivity index (χ4n) is 2.00. The van der Waals surface area contributed by atoms with Gasteiger partial charge in [-0.25, -0.2) is 4.79 Å². The van der Waals surface area contributed by atoms with E-state index in [2.05, 4.69) is 25.2 Å². The van der Waals surface area contributed by atoms with Crippen molar-refractivity contribution >= 4 is 19.4 Å². The van der Waals surface area contributed by atoms with Gasteiger partial charge in [-0.3, -0.25) is 0 Å². The molecule has 0 saturated heterocycles. The van der Waals surface area contributed by atoms with E-state index in [0.717, 1.165) is 0 Å². The number of hydrogen-bond acceptors (Lipinski definition) is 3. The van der Waals surface area contributed by atoms with Crippen molar-refractivity contribution in [1.82, 2.24) is 0 Å². The summed E-state index contributed by atoms with van der Waals surface area (Å²) in [6.07, 6.45) is -0.648. The molecule has 0 aliphatic carbocycles. The Morgan fingerprint density at radius 3 is 2.05 bits per heavy atom. The molecular weight excluding hydrogens is 280 g/mol. The molecule has 0 aliphatic rings. The van der Waals surface area contributed by atoms with Gasteiger partial charge >= 0.3 is 6.16 Å². The van der Waals surface area contributed by atoms with Gasteiger partial charge in [0.2, 0.25) is 0 Å². The van der Waals surface area contributed by atoms with Crippen LogP contribution in [-0.2, 0) is 4.74 Å². The number of rotatable bonds is 4. The van der Waals surface area contributed by atoms with Crippen molar-refractivity contribution in [3.63, 3.8) is 0 Å². The minimum Gasteiger partial charge on any atom is -0.434 e. The molecule has 21 heavy (non-hydrogen) atoms. The lowest BCUT2D eigenvalue weighted by Gasteiger charge is -2.29. The van der Waals surface area contributed by atoms with Crippen molar-refractivity contribution in [2.24, 2.45) is 0 Å². The van der Waals surface area contributed by atoms with Gasteiger partial charge in [-0.1, -0.05) is 66.8 Å². The second kappa shape index (κ2) is 6.59. The highest BCUT2D eigenvalue weighted by Gasteiger charge is 2.34. The Morgan fingerprint density at radius 2 is 1.48 bits per heavy atom. The predicted octanol–water partition coefficient (Wildman–Crippen LogP) is 3.75. The Morgan fingerprint density at radius 1 is 0.952 bits per heavy atom. The van der Waals surface area contributed by atoms with Gasteiger partial charge in [0.15, 0.2) is 0 Å². The normalized spacial score (nSPS) is 12.5. The molecule has 110 valence electrons. The molecule has 3 nitrogen and oxygen atoms in total. The molecule has 0 N–H and O–H groups in total. The van der Waals surface area contributed by atoms with E-state index in [4.69, 9.17) is 9.47 Å². The first-order chi connectivity index (χ1) is 10.00. The summed E-state index contributed by atoms with van der Waals surface area (Å²) in [6, 6.07) is 19.2. The lowest BCUT2D eigenvalue weighted by molar-refractivity contribution is 0.0892. The summed E-state index contributed by atoms with van der Waals surface area (Å²) in [6.45, 7) is 6.30. The van der Waals surface area contributed by atoms with E-state index < -0.39 is 14.2 Å². The molecule has 4 heteroatoms. The van der Waals surface area contributed by atoms with Crippen molar-refractivity contribution in [2.45, 2.75) is 25.7 Å². The Kier molecular flexibility index (Phi) is 4.80. The van der Waals surface area contributed by atoms with Gasteiger partial charge in [-0.05, 0) is 19.1 Å². The first-order valence-electron chi connectivity index (χ1n) is 6.99. The van der Waals surface area contributed by atoms with E-state index in [1.54, 1.807) is 12.1 Å². The Balaban J connectivity index is 2.00. The van der Waals surface area contributed by atoms with Crippen LogP contribution in [0.1, 0.15) is 6.92 Å². The van der Waals surface area contributed by atoms with Crippen molar-refractivity contribution in [3.05, 3.63) is 60.7 Å². The third kappa shape index (κ3) is 3.95. The molecule has 0 aliphatic heterocycles. The van der Waals surface area contributed by atoms with Crippen molar-refractivity contribution in [2.75, 3.05) is 0 Å². The van der Waals surface area contributed by atoms with Crippen LogP contribution in [0.3, 0.4) is 0 Å². The fourth-order valence-corrected chi connectivity index (χ4v) is 3.91. The number of benzene rings is 2. The highest BCUT2D eigenvalue weighted by Crippen LogP contribution is 2.15. The molecule has 0 spiro atoms. The third-order valence-electron chi connectivity index (χ3n) is 3.75. The lowest BCUT2D eigenvalue weighted by atomic mass is 10.3. The molecule has 0 bridgehead atoms. The zero-order chi connectivity index (χ0) is 15.3. The van der Waals surface area contributed by atoms with E-state index in [-0.39, 0.29) is 5.73 Å². The first-order valence-corrected chi connectivity index (χ1v) is 10.1. The molecule has 0 fully saturated rings. The van der Waals surface area contributed by atoms with Gasteiger partial charge in [0.05, 0.1) is 5.73 Å². The summed E-state index contributed by atoms with van der Waals surface area (Å²) in [4.78, 5) is 11.9. The minimum absolute atomic E-state index is 0.170. The molecule has 0 saturated carbocycles. The Labute approximate surface area is 126 Å². The van der Waals surface area contributed by atoms with Gasteiger partial charge < -0.3 is 9.47 Å². The van der Waals surface area contributed by atoms with Gasteiger partial charge in [0.25, 0.3) is 0 Å². The first kappa shape index (κ1) is 15.3. The SMILES string of the molecule is CC(OC(=O)Oc1ccccc1)[Si](C)(C)c1ccccc1. The number of para-hydroxylation sites is 1. The van der Waals surface area contributed by atoms with E-state index in [9.17, 15) is 4.79 Å². The molecule has 2 aromatic carbocycles. The van der Waals surface area contributed by atoms with Crippen LogP contribution in [0.15, 0.2) is 60.7 Å². The second-order valence-corrected chi connectivity index (χ2v) is 10.3. The van der Waals surface area contributed by atoms with Gasteiger partial charge in [-0.15, -0.1) is 0 Å². The number of ether oxygens (including phenoxy) is 2. The summed E-state index contributed by atoms with van der Waals surface area (Å²) >= 11 is 0. The molecule has 2 rings (SSSR count). The van der Waals surface area contributed by atoms with Crippen LogP contribution in [0.25, 0.3) is 0 Å². The monoisotopic (exact) mass is 300 g/mol. The fraction of sp³-hybridized carbons (Fsp3) is 0.235. The molecule has 0 aromatic heterocycles. The third-order valence-corrected chi connectivity index (χ3v) is 7.72. The second-order valence-electron chi connectivity index (χ2n) is 5.51. The Hall–Kier alpha value is -2.07. The number of hydrogen-bond donors (Lipinski definition) is 0. The molecule has 1 atom stereocenters.